The lowest BCUT2D eigenvalue weighted by molar-refractivity contribution is -0.0528. The molecule has 3 aliphatic carbocycles. The van der Waals surface area contributed by atoms with Gasteiger partial charge in [-0.05, 0) is 103 Å². The van der Waals surface area contributed by atoms with Crippen molar-refractivity contribution >= 4 is 8.32 Å². The fraction of sp³-hybridized carbons (Fsp3) is 0.692. The summed E-state index contributed by atoms with van der Waals surface area (Å²) in [5, 5.41) is 10.9. The normalized spacial score (nSPS) is 36.7. The van der Waals surface area contributed by atoms with Gasteiger partial charge in [0.1, 0.15) is 5.75 Å². The molecule has 2 nitrogen and oxygen atoms in total. The fourth-order valence-corrected chi connectivity index (χ4v) is 7.61. The highest BCUT2D eigenvalue weighted by atomic mass is 28.4. The molecule has 0 aromatic heterocycles. The van der Waals surface area contributed by atoms with Crippen LogP contribution in [-0.2, 0) is 6.42 Å². The number of aryl methyl sites for hydroxylation is 1. The van der Waals surface area contributed by atoms with Crippen molar-refractivity contribution in [3.05, 3.63) is 42.0 Å². The number of hydrogen-bond donors (Lipinski definition) is 1. The van der Waals surface area contributed by atoms with E-state index in [0.717, 1.165) is 44.3 Å². The van der Waals surface area contributed by atoms with Crippen molar-refractivity contribution in [1.29, 1.82) is 0 Å². The summed E-state index contributed by atoms with van der Waals surface area (Å²) in [5.41, 5.74) is 3.19. The van der Waals surface area contributed by atoms with Crippen molar-refractivity contribution in [3.63, 3.8) is 0 Å². The largest absolute Gasteiger partial charge is 0.543 e. The maximum absolute atomic E-state index is 10.7. The Hall–Kier alpha value is -1.06. The SMILES string of the molecule is C=CC12CCc3cc(O[Si](C)(C)C(C)(C)C)ccc3[C@H]1CC[C@]1(C)[C@@H](O)CC[C@@H]21. The van der Waals surface area contributed by atoms with Crippen LogP contribution in [-0.4, -0.2) is 19.5 Å². The molecule has 5 atom stereocenters. The van der Waals surface area contributed by atoms with E-state index in [1.54, 1.807) is 0 Å². The van der Waals surface area contributed by atoms with Crippen LogP contribution in [0.1, 0.15) is 76.8 Å². The number of aliphatic hydroxyl groups excluding tert-OH is 1. The first-order valence-corrected chi connectivity index (χ1v) is 14.5. The Balaban J connectivity index is 1.67. The van der Waals surface area contributed by atoms with E-state index >= 15 is 0 Å². The molecule has 0 bridgehead atoms. The van der Waals surface area contributed by atoms with Crippen LogP contribution in [0.4, 0.5) is 0 Å². The van der Waals surface area contributed by atoms with Gasteiger partial charge in [-0.3, -0.25) is 0 Å². The van der Waals surface area contributed by atoms with Crippen molar-refractivity contribution in [2.24, 2.45) is 16.7 Å². The van der Waals surface area contributed by atoms with E-state index in [1.807, 2.05) is 0 Å². The molecule has 1 N–H and O–H groups in total. The summed E-state index contributed by atoms with van der Waals surface area (Å²) < 4.78 is 6.60. The van der Waals surface area contributed by atoms with Gasteiger partial charge in [0.15, 0.2) is 0 Å². The van der Waals surface area contributed by atoms with Crippen molar-refractivity contribution in [2.45, 2.75) is 96.4 Å². The zero-order valence-corrected chi connectivity index (χ0v) is 20.3. The Kier molecular flexibility index (Phi) is 4.91. The third-order valence-electron chi connectivity index (χ3n) is 9.43. The summed E-state index contributed by atoms with van der Waals surface area (Å²) in [7, 11) is -1.83. The van der Waals surface area contributed by atoms with E-state index in [4.69, 9.17) is 4.43 Å². The Labute approximate surface area is 178 Å². The van der Waals surface area contributed by atoms with Gasteiger partial charge in [-0.1, -0.05) is 39.8 Å². The third kappa shape index (κ3) is 3.06. The van der Waals surface area contributed by atoms with Gasteiger partial charge in [-0.2, -0.15) is 0 Å². The van der Waals surface area contributed by atoms with E-state index in [1.165, 1.54) is 11.1 Å². The summed E-state index contributed by atoms with van der Waals surface area (Å²) >= 11 is 0. The molecular weight excluding hydrogens is 372 g/mol. The Morgan fingerprint density at radius 3 is 2.55 bits per heavy atom. The van der Waals surface area contributed by atoms with Crippen molar-refractivity contribution in [2.75, 3.05) is 0 Å². The molecule has 2 fully saturated rings. The molecule has 1 unspecified atom stereocenters. The monoisotopic (exact) mass is 412 g/mol. The first-order chi connectivity index (χ1) is 13.4. The molecule has 0 radical (unpaired) electrons. The minimum atomic E-state index is -1.83. The average molecular weight is 413 g/mol. The Morgan fingerprint density at radius 2 is 1.90 bits per heavy atom. The number of rotatable bonds is 3. The van der Waals surface area contributed by atoms with Crippen LogP contribution >= 0.6 is 0 Å². The summed E-state index contributed by atoms with van der Waals surface area (Å²) in [6.45, 7) is 18.2. The van der Waals surface area contributed by atoms with Gasteiger partial charge in [0, 0.05) is 0 Å². The van der Waals surface area contributed by atoms with Crippen LogP contribution in [0.3, 0.4) is 0 Å². The molecule has 4 rings (SSSR count). The van der Waals surface area contributed by atoms with E-state index in [2.05, 4.69) is 71.6 Å². The smallest absolute Gasteiger partial charge is 0.250 e. The van der Waals surface area contributed by atoms with E-state index in [9.17, 15) is 5.11 Å². The van der Waals surface area contributed by atoms with Crippen LogP contribution in [0.25, 0.3) is 0 Å². The maximum Gasteiger partial charge on any atom is 0.250 e. The zero-order chi connectivity index (χ0) is 21.2. The molecule has 1 aromatic rings. The highest BCUT2D eigenvalue weighted by Gasteiger charge is 2.60. The molecule has 0 amide bonds. The van der Waals surface area contributed by atoms with Crippen LogP contribution < -0.4 is 4.43 Å². The standard InChI is InChI=1S/C26H40O2Si/c1-8-26-16-13-18-17-19(28-29(6,7)24(2,3)4)9-10-20(18)21(26)14-15-25(5)22(26)11-12-23(25)27/h8-10,17,21-23,27H,1,11-16H2,2-7H3/t21-,22-,23+,25+,26?/m1/s1. The second-order valence-electron chi connectivity index (χ2n) is 11.8. The number of fused-ring (bicyclic) bond motifs is 5. The van der Waals surface area contributed by atoms with Gasteiger partial charge in [0.25, 0.3) is 0 Å². The predicted molar refractivity (Wildman–Crippen MR) is 124 cm³/mol. The summed E-state index contributed by atoms with van der Waals surface area (Å²) in [5.74, 6) is 2.14. The van der Waals surface area contributed by atoms with Crippen molar-refractivity contribution in [1.82, 2.24) is 0 Å². The van der Waals surface area contributed by atoms with Crippen LogP contribution in [0.2, 0.25) is 18.1 Å². The van der Waals surface area contributed by atoms with Crippen LogP contribution in [0.5, 0.6) is 5.75 Å². The first kappa shape index (κ1) is 21.2. The number of aliphatic hydroxyl groups is 1. The molecule has 3 aliphatic rings. The molecule has 1 aromatic carbocycles. The van der Waals surface area contributed by atoms with E-state index < -0.39 is 8.32 Å². The number of benzene rings is 1. The molecule has 3 heteroatoms. The van der Waals surface area contributed by atoms with Gasteiger partial charge >= 0.3 is 0 Å². The van der Waals surface area contributed by atoms with Crippen LogP contribution in [0.15, 0.2) is 30.9 Å². The second kappa shape index (κ2) is 6.72. The maximum atomic E-state index is 10.7. The minimum absolute atomic E-state index is 0.0631. The Bertz CT molecular complexity index is 807. The first-order valence-electron chi connectivity index (χ1n) is 11.6. The van der Waals surface area contributed by atoms with Gasteiger partial charge in [0.2, 0.25) is 8.32 Å². The summed E-state index contributed by atoms with van der Waals surface area (Å²) in [4.78, 5) is 0. The lowest BCUT2D eigenvalue weighted by Gasteiger charge is -2.57. The predicted octanol–water partition coefficient (Wildman–Crippen LogP) is 6.84. The lowest BCUT2D eigenvalue weighted by Crippen LogP contribution is -2.50. The van der Waals surface area contributed by atoms with Gasteiger partial charge in [0.05, 0.1) is 6.10 Å². The molecule has 0 aliphatic heterocycles. The molecule has 0 spiro atoms. The van der Waals surface area contributed by atoms with Gasteiger partial charge in [-0.15, -0.1) is 6.58 Å². The quantitative estimate of drug-likeness (QED) is 0.435. The fourth-order valence-electron chi connectivity index (χ4n) is 6.59. The van der Waals surface area contributed by atoms with Crippen molar-refractivity contribution < 1.29 is 9.53 Å². The zero-order valence-electron chi connectivity index (χ0n) is 19.3. The Morgan fingerprint density at radius 1 is 1.17 bits per heavy atom. The molecule has 2 saturated carbocycles. The molecule has 0 saturated heterocycles. The van der Waals surface area contributed by atoms with Crippen LogP contribution in [0, 0.1) is 16.7 Å². The summed E-state index contributed by atoms with van der Waals surface area (Å²) in [6, 6.07) is 6.91. The topological polar surface area (TPSA) is 29.5 Å². The molecule has 160 valence electrons. The van der Waals surface area contributed by atoms with E-state index in [0.29, 0.717) is 11.8 Å². The minimum Gasteiger partial charge on any atom is -0.543 e. The van der Waals surface area contributed by atoms with E-state index in [-0.39, 0.29) is 22.0 Å². The number of hydrogen-bond acceptors (Lipinski definition) is 2. The molecule has 29 heavy (non-hydrogen) atoms. The average Bonchev–Trinajstić information content (AvgIpc) is 2.95. The highest BCUT2D eigenvalue weighted by molar-refractivity contribution is 6.74. The summed E-state index contributed by atoms with van der Waals surface area (Å²) in [6.07, 6.45) is 8.76. The van der Waals surface area contributed by atoms with Gasteiger partial charge in [-0.25, -0.2) is 0 Å². The third-order valence-corrected chi connectivity index (χ3v) is 13.8. The number of allylic oxidation sites excluding steroid dienone is 1. The molecule has 0 heterocycles. The van der Waals surface area contributed by atoms with Gasteiger partial charge < -0.3 is 9.53 Å². The highest BCUT2D eigenvalue weighted by Crippen LogP contribution is 2.67. The lowest BCUT2D eigenvalue weighted by atomic mass is 9.47. The second-order valence-corrected chi connectivity index (χ2v) is 16.5. The van der Waals surface area contributed by atoms with Crippen molar-refractivity contribution in [3.8, 4) is 5.75 Å². The molecular formula is C26H40O2Si.